The Hall–Kier alpha value is -0.340. The van der Waals surface area contributed by atoms with Gasteiger partial charge in [0.1, 0.15) is 0 Å². The van der Waals surface area contributed by atoms with Crippen molar-refractivity contribution in [3.05, 3.63) is 22.4 Å². The molecule has 1 aliphatic heterocycles. The molecule has 0 radical (unpaired) electrons. The number of rotatable bonds is 8. The van der Waals surface area contributed by atoms with Crippen LogP contribution in [0, 0.1) is 11.8 Å². The normalized spacial score (nSPS) is 21.6. The fourth-order valence-corrected chi connectivity index (χ4v) is 4.17. The number of piperidine rings is 1. The fourth-order valence-electron chi connectivity index (χ4n) is 3.54. The molecule has 2 N–H and O–H groups in total. The maximum atomic E-state index is 4.66. The van der Waals surface area contributed by atoms with Crippen LogP contribution in [0.1, 0.15) is 44.9 Å². The number of guanidine groups is 1. The zero-order chi connectivity index (χ0) is 17.2. The SMILES string of the molecule is CCNC(=NCc1cccs1)NCCCCN1CC(C)CC(C)C1.I. The second kappa shape index (κ2) is 12.9. The van der Waals surface area contributed by atoms with Crippen molar-refractivity contribution in [2.24, 2.45) is 16.8 Å². The number of likely N-dealkylation sites (tertiary alicyclic amines) is 1. The van der Waals surface area contributed by atoms with Gasteiger partial charge in [-0.1, -0.05) is 19.9 Å². The van der Waals surface area contributed by atoms with E-state index in [1.807, 2.05) is 0 Å². The molecule has 144 valence electrons. The van der Waals surface area contributed by atoms with Gasteiger partial charge in [-0.15, -0.1) is 35.3 Å². The topological polar surface area (TPSA) is 39.7 Å². The van der Waals surface area contributed by atoms with Crippen molar-refractivity contribution in [1.82, 2.24) is 15.5 Å². The van der Waals surface area contributed by atoms with Gasteiger partial charge >= 0.3 is 0 Å². The number of hydrogen-bond donors (Lipinski definition) is 2. The lowest BCUT2D eigenvalue weighted by atomic mass is 9.92. The van der Waals surface area contributed by atoms with E-state index in [0.717, 1.165) is 37.4 Å². The molecule has 6 heteroatoms. The lowest BCUT2D eigenvalue weighted by molar-refractivity contribution is 0.139. The fraction of sp³-hybridized carbons (Fsp3) is 0.737. The Morgan fingerprint density at radius 1 is 1.24 bits per heavy atom. The first-order valence-corrected chi connectivity index (χ1v) is 10.3. The maximum Gasteiger partial charge on any atom is 0.191 e. The van der Waals surface area contributed by atoms with Crippen LogP contribution in [0.15, 0.2) is 22.5 Å². The number of aliphatic imine (C=N–C) groups is 1. The van der Waals surface area contributed by atoms with Gasteiger partial charge in [0.25, 0.3) is 0 Å². The first kappa shape index (κ1) is 22.7. The average Bonchev–Trinajstić information content (AvgIpc) is 3.04. The van der Waals surface area contributed by atoms with Crippen molar-refractivity contribution in [3.63, 3.8) is 0 Å². The van der Waals surface area contributed by atoms with Crippen molar-refractivity contribution in [2.45, 2.75) is 46.6 Å². The van der Waals surface area contributed by atoms with Crippen LogP contribution in [0.3, 0.4) is 0 Å². The van der Waals surface area contributed by atoms with E-state index in [4.69, 9.17) is 0 Å². The summed E-state index contributed by atoms with van der Waals surface area (Å²) in [4.78, 5) is 8.61. The van der Waals surface area contributed by atoms with Crippen LogP contribution < -0.4 is 10.6 Å². The molecule has 2 unspecified atom stereocenters. The van der Waals surface area contributed by atoms with Crippen molar-refractivity contribution in [1.29, 1.82) is 0 Å². The Balaban J connectivity index is 0.00000312. The van der Waals surface area contributed by atoms with Gasteiger partial charge in [-0.05, 0) is 56.0 Å². The van der Waals surface area contributed by atoms with Crippen LogP contribution in [0.5, 0.6) is 0 Å². The van der Waals surface area contributed by atoms with Crippen LogP contribution in [0.25, 0.3) is 0 Å². The zero-order valence-electron chi connectivity index (χ0n) is 16.0. The molecule has 1 aromatic rings. The van der Waals surface area contributed by atoms with E-state index in [2.05, 4.69) is 58.8 Å². The molecule has 1 aliphatic rings. The van der Waals surface area contributed by atoms with E-state index in [1.54, 1.807) is 11.3 Å². The van der Waals surface area contributed by atoms with Gasteiger partial charge in [-0.25, -0.2) is 4.99 Å². The summed E-state index contributed by atoms with van der Waals surface area (Å²) in [5, 5.41) is 8.90. The summed E-state index contributed by atoms with van der Waals surface area (Å²) in [5.74, 6) is 2.65. The molecule has 0 aliphatic carbocycles. The minimum Gasteiger partial charge on any atom is -0.357 e. The van der Waals surface area contributed by atoms with Crippen LogP contribution in [0.4, 0.5) is 0 Å². The van der Waals surface area contributed by atoms with E-state index in [0.29, 0.717) is 0 Å². The monoisotopic (exact) mass is 478 g/mol. The molecule has 0 spiro atoms. The molecule has 4 nitrogen and oxygen atoms in total. The molecular formula is C19H35IN4S. The Bertz CT molecular complexity index is 468. The number of unbranched alkanes of at least 4 members (excludes halogenated alkanes) is 1. The molecule has 1 saturated heterocycles. The number of thiophene rings is 1. The highest BCUT2D eigenvalue weighted by molar-refractivity contribution is 14.0. The lowest BCUT2D eigenvalue weighted by Gasteiger charge is -2.34. The molecular weight excluding hydrogens is 443 g/mol. The van der Waals surface area contributed by atoms with Gasteiger partial charge in [0.15, 0.2) is 5.96 Å². The van der Waals surface area contributed by atoms with Gasteiger partial charge in [0, 0.05) is 31.1 Å². The van der Waals surface area contributed by atoms with Crippen molar-refractivity contribution in [2.75, 3.05) is 32.7 Å². The Labute approximate surface area is 174 Å². The van der Waals surface area contributed by atoms with E-state index in [-0.39, 0.29) is 24.0 Å². The third-order valence-electron chi connectivity index (χ3n) is 4.46. The predicted molar refractivity (Wildman–Crippen MR) is 121 cm³/mol. The third-order valence-corrected chi connectivity index (χ3v) is 5.32. The summed E-state index contributed by atoms with van der Waals surface area (Å²) in [7, 11) is 0. The summed E-state index contributed by atoms with van der Waals surface area (Å²) in [6.45, 7) is 13.3. The Kier molecular flexibility index (Phi) is 11.7. The lowest BCUT2D eigenvalue weighted by Crippen LogP contribution is -2.40. The summed E-state index contributed by atoms with van der Waals surface area (Å²) in [6, 6.07) is 4.22. The van der Waals surface area contributed by atoms with Crippen LogP contribution in [-0.2, 0) is 6.54 Å². The Morgan fingerprint density at radius 2 is 2.00 bits per heavy atom. The number of nitrogens with zero attached hydrogens (tertiary/aromatic N) is 2. The molecule has 1 aromatic heterocycles. The first-order valence-electron chi connectivity index (χ1n) is 9.44. The van der Waals surface area contributed by atoms with Crippen LogP contribution in [0.2, 0.25) is 0 Å². The Morgan fingerprint density at radius 3 is 2.64 bits per heavy atom. The third kappa shape index (κ3) is 9.24. The zero-order valence-corrected chi connectivity index (χ0v) is 19.1. The van der Waals surface area contributed by atoms with Crippen LogP contribution >= 0.6 is 35.3 Å². The molecule has 2 atom stereocenters. The van der Waals surface area contributed by atoms with Crippen LogP contribution in [-0.4, -0.2) is 43.6 Å². The molecule has 0 saturated carbocycles. The van der Waals surface area contributed by atoms with Gasteiger partial charge < -0.3 is 15.5 Å². The smallest absolute Gasteiger partial charge is 0.191 e. The van der Waals surface area contributed by atoms with E-state index in [9.17, 15) is 0 Å². The first-order chi connectivity index (χ1) is 11.7. The standard InChI is InChI=1S/C19H34N4S.HI/c1-4-20-19(22-13-18-8-7-11-24-18)21-9-5-6-10-23-14-16(2)12-17(3)15-23;/h7-8,11,16-17H,4-6,9-10,12-15H2,1-3H3,(H2,20,21,22);1H. The van der Waals surface area contributed by atoms with Gasteiger partial charge in [0.2, 0.25) is 0 Å². The van der Waals surface area contributed by atoms with Crippen molar-refractivity contribution in [3.8, 4) is 0 Å². The largest absolute Gasteiger partial charge is 0.357 e. The summed E-state index contributed by atoms with van der Waals surface area (Å²) >= 11 is 1.76. The highest BCUT2D eigenvalue weighted by Gasteiger charge is 2.20. The second-order valence-electron chi connectivity index (χ2n) is 7.11. The molecule has 1 fully saturated rings. The number of nitrogens with one attached hydrogen (secondary N) is 2. The summed E-state index contributed by atoms with van der Waals surface area (Å²) in [6.07, 6.45) is 3.85. The molecule has 0 aromatic carbocycles. The predicted octanol–water partition coefficient (Wildman–Crippen LogP) is 4.18. The number of hydrogen-bond acceptors (Lipinski definition) is 3. The highest BCUT2D eigenvalue weighted by Crippen LogP contribution is 2.20. The highest BCUT2D eigenvalue weighted by atomic mass is 127. The second-order valence-corrected chi connectivity index (χ2v) is 8.15. The average molecular weight is 478 g/mol. The van der Waals surface area contributed by atoms with Gasteiger partial charge in [0.05, 0.1) is 6.54 Å². The summed E-state index contributed by atoms with van der Waals surface area (Å²) in [5.41, 5.74) is 0. The van der Waals surface area contributed by atoms with Crippen molar-refractivity contribution < 1.29 is 0 Å². The van der Waals surface area contributed by atoms with E-state index in [1.165, 1.54) is 43.8 Å². The molecule has 25 heavy (non-hydrogen) atoms. The van der Waals surface area contributed by atoms with Gasteiger partial charge in [-0.2, -0.15) is 0 Å². The van der Waals surface area contributed by atoms with E-state index < -0.39 is 0 Å². The number of halogens is 1. The summed E-state index contributed by atoms with van der Waals surface area (Å²) < 4.78 is 0. The minimum atomic E-state index is 0. The molecule has 0 bridgehead atoms. The molecule has 0 amide bonds. The quantitative estimate of drug-likeness (QED) is 0.255. The van der Waals surface area contributed by atoms with Gasteiger partial charge in [-0.3, -0.25) is 0 Å². The molecule has 2 rings (SSSR count). The van der Waals surface area contributed by atoms with Crippen molar-refractivity contribution >= 4 is 41.3 Å². The molecule has 2 heterocycles. The van der Waals surface area contributed by atoms with E-state index >= 15 is 0 Å². The minimum absolute atomic E-state index is 0. The maximum absolute atomic E-state index is 4.66.